The molecule has 0 saturated carbocycles. The summed E-state index contributed by atoms with van der Waals surface area (Å²) in [5, 5.41) is 8.93. The molecule has 2 atom stereocenters. The van der Waals surface area contributed by atoms with Crippen LogP contribution in [0.1, 0.15) is 142 Å². The summed E-state index contributed by atoms with van der Waals surface area (Å²) >= 11 is 0. The predicted molar refractivity (Wildman–Crippen MR) is 125 cm³/mol. The highest BCUT2D eigenvalue weighted by molar-refractivity contribution is 7.86. The van der Waals surface area contributed by atoms with Crippen molar-refractivity contribution in [3.05, 3.63) is 0 Å². The van der Waals surface area contributed by atoms with Gasteiger partial charge in [-0.25, -0.2) is 0 Å². The van der Waals surface area contributed by atoms with Crippen LogP contribution < -0.4 is 0 Å². The lowest BCUT2D eigenvalue weighted by atomic mass is 10.0. The van der Waals surface area contributed by atoms with Crippen molar-refractivity contribution < 1.29 is 18.1 Å². The molecule has 2 unspecified atom stereocenters. The van der Waals surface area contributed by atoms with Crippen molar-refractivity contribution in [3.63, 3.8) is 0 Å². The van der Waals surface area contributed by atoms with Crippen LogP contribution in [0, 0.1) is 0 Å². The Bertz CT molecular complexity index is 436. The average Bonchev–Trinajstić information content (AvgIpc) is 2.66. The van der Waals surface area contributed by atoms with Gasteiger partial charge in [0.25, 0.3) is 10.1 Å². The van der Waals surface area contributed by atoms with E-state index in [9.17, 15) is 18.1 Å². The second-order valence-electron chi connectivity index (χ2n) is 8.85. The zero-order valence-electron chi connectivity index (χ0n) is 19.4. The van der Waals surface area contributed by atoms with Crippen LogP contribution in [0.4, 0.5) is 0 Å². The Labute approximate surface area is 182 Å². The molecular formula is C24H50O4S. The van der Waals surface area contributed by atoms with Gasteiger partial charge in [0, 0.05) is 0 Å². The molecule has 0 fully saturated rings. The number of aliphatic hydroxyl groups is 1. The van der Waals surface area contributed by atoms with Crippen LogP contribution in [0.25, 0.3) is 0 Å². The monoisotopic (exact) mass is 434 g/mol. The van der Waals surface area contributed by atoms with E-state index in [0.717, 1.165) is 19.3 Å². The molecule has 5 heteroatoms. The molecule has 0 aliphatic heterocycles. The molecule has 0 aromatic heterocycles. The summed E-state index contributed by atoms with van der Waals surface area (Å²) in [7, 11) is -4.16. The van der Waals surface area contributed by atoms with Gasteiger partial charge in [-0.1, -0.05) is 129 Å². The molecule has 0 heterocycles. The Balaban J connectivity index is 3.44. The molecule has 0 saturated heterocycles. The fourth-order valence-electron chi connectivity index (χ4n) is 4.09. The number of rotatable bonds is 22. The Morgan fingerprint density at radius 2 is 0.897 bits per heavy atom. The van der Waals surface area contributed by atoms with Crippen molar-refractivity contribution in [1.29, 1.82) is 0 Å². The number of unbranched alkanes of at least 4 members (excludes halogenated alkanes) is 16. The van der Waals surface area contributed by atoms with E-state index in [0.29, 0.717) is 19.3 Å². The third-order valence-corrected chi connectivity index (χ3v) is 7.30. The van der Waals surface area contributed by atoms with Gasteiger partial charge in [-0.2, -0.15) is 8.42 Å². The summed E-state index contributed by atoms with van der Waals surface area (Å²) in [6.07, 6.45) is 22.4. The van der Waals surface area contributed by atoms with Gasteiger partial charge in [-0.3, -0.25) is 4.55 Å². The maximum atomic E-state index is 11.4. The Kier molecular flexibility index (Phi) is 19.7. The first-order chi connectivity index (χ1) is 13.9. The molecule has 0 aliphatic carbocycles. The summed E-state index contributed by atoms with van der Waals surface area (Å²) in [5.41, 5.74) is 0. The van der Waals surface area contributed by atoms with Gasteiger partial charge in [0.05, 0.1) is 6.10 Å². The summed E-state index contributed by atoms with van der Waals surface area (Å²) < 4.78 is 32.2. The van der Waals surface area contributed by atoms with Gasteiger partial charge in [-0.15, -0.1) is 0 Å². The molecule has 0 amide bonds. The highest BCUT2D eigenvalue weighted by atomic mass is 32.2. The van der Waals surface area contributed by atoms with Gasteiger partial charge in [0.1, 0.15) is 5.25 Å². The Hall–Kier alpha value is -0.130. The lowest BCUT2D eigenvalue weighted by molar-refractivity contribution is 0.149. The first-order valence-corrected chi connectivity index (χ1v) is 14.1. The summed E-state index contributed by atoms with van der Waals surface area (Å²) in [6, 6.07) is 0. The van der Waals surface area contributed by atoms with E-state index in [2.05, 4.69) is 6.92 Å². The zero-order chi connectivity index (χ0) is 21.8. The van der Waals surface area contributed by atoms with Crippen LogP contribution in [0.5, 0.6) is 0 Å². The molecule has 0 radical (unpaired) electrons. The second kappa shape index (κ2) is 19.8. The van der Waals surface area contributed by atoms with Gasteiger partial charge in [-0.05, 0) is 12.8 Å². The van der Waals surface area contributed by atoms with Crippen molar-refractivity contribution in [3.8, 4) is 0 Å². The Morgan fingerprint density at radius 3 is 1.21 bits per heavy atom. The van der Waals surface area contributed by atoms with E-state index >= 15 is 0 Å². The Morgan fingerprint density at radius 1 is 0.552 bits per heavy atom. The van der Waals surface area contributed by atoms with E-state index < -0.39 is 21.5 Å². The van der Waals surface area contributed by atoms with E-state index in [1.165, 1.54) is 89.9 Å². The molecule has 2 N–H and O–H groups in total. The van der Waals surface area contributed by atoms with Crippen LogP contribution in [-0.2, 0) is 10.1 Å². The minimum absolute atomic E-state index is 0.360. The third-order valence-electron chi connectivity index (χ3n) is 5.99. The smallest absolute Gasteiger partial charge is 0.270 e. The maximum Gasteiger partial charge on any atom is 0.270 e. The molecule has 176 valence electrons. The van der Waals surface area contributed by atoms with Crippen LogP contribution in [0.3, 0.4) is 0 Å². The summed E-state index contributed by atoms with van der Waals surface area (Å²) in [4.78, 5) is 0. The molecule has 29 heavy (non-hydrogen) atoms. The number of aliphatic hydroxyl groups excluding tert-OH is 1. The number of hydrogen-bond donors (Lipinski definition) is 2. The molecule has 0 spiro atoms. The SMILES string of the molecule is CCCCCCCCCCCCCCCCCCCC(C(O)CCC)S(=O)(=O)O. The van der Waals surface area contributed by atoms with Gasteiger partial charge in [0.15, 0.2) is 0 Å². The van der Waals surface area contributed by atoms with Crippen molar-refractivity contribution >= 4 is 10.1 Å². The predicted octanol–water partition coefficient (Wildman–Crippen LogP) is 7.45. The van der Waals surface area contributed by atoms with Crippen LogP contribution in [0.2, 0.25) is 0 Å². The van der Waals surface area contributed by atoms with E-state index in [4.69, 9.17) is 0 Å². The fraction of sp³-hybridized carbons (Fsp3) is 1.00. The molecule has 0 rings (SSSR count). The van der Waals surface area contributed by atoms with Crippen molar-refractivity contribution in [2.24, 2.45) is 0 Å². The normalized spacial score (nSPS) is 14.2. The molecule has 0 aromatic carbocycles. The van der Waals surface area contributed by atoms with Crippen LogP contribution in [0.15, 0.2) is 0 Å². The second-order valence-corrected chi connectivity index (χ2v) is 10.5. The van der Waals surface area contributed by atoms with Gasteiger partial charge >= 0.3 is 0 Å². The first kappa shape index (κ1) is 28.9. The lowest BCUT2D eigenvalue weighted by Crippen LogP contribution is -2.33. The molecule has 0 aromatic rings. The van der Waals surface area contributed by atoms with Crippen LogP contribution >= 0.6 is 0 Å². The molecule has 0 aliphatic rings. The molecule has 0 bridgehead atoms. The number of hydrogen-bond acceptors (Lipinski definition) is 3. The standard InChI is InChI=1S/C24H50O4S/c1-3-5-6-7-8-9-10-11-12-13-14-15-16-17-18-19-20-22-24(29(26,27)28)23(25)21-4-2/h23-25H,3-22H2,1-2H3,(H,26,27,28). The largest absolute Gasteiger partial charge is 0.392 e. The molecule has 4 nitrogen and oxygen atoms in total. The first-order valence-electron chi connectivity index (χ1n) is 12.6. The average molecular weight is 435 g/mol. The van der Waals surface area contributed by atoms with E-state index in [1.807, 2.05) is 6.92 Å². The van der Waals surface area contributed by atoms with Crippen molar-refractivity contribution in [2.75, 3.05) is 0 Å². The topological polar surface area (TPSA) is 74.6 Å². The minimum Gasteiger partial charge on any atom is -0.392 e. The van der Waals surface area contributed by atoms with E-state index in [1.54, 1.807) is 0 Å². The highest BCUT2D eigenvalue weighted by Crippen LogP contribution is 2.19. The minimum atomic E-state index is -4.16. The zero-order valence-corrected chi connectivity index (χ0v) is 20.2. The maximum absolute atomic E-state index is 11.4. The fourth-order valence-corrected chi connectivity index (χ4v) is 5.09. The summed E-state index contributed by atoms with van der Waals surface area (Å²) in [5.74, 6) is 0. The lowest BCUT2D eigenvalue weighted by Gasteiger charge is -2.19. The van der Waals surface area contributed by atoms with Gasteiger partial charge in [0.2, 0.25) is 0 Å². The summed E-state index contributed by atoms with van der Waals surface area (Å²) in [6.45, 7) is 4.17. The quantitative estimate of drug-likeness (QED) is 0.137. The third kappa shape index (κ3) is 18.4. The van der Waals surface area contributed by atoms with Crippen molar-refractivity contribution in [1.82, 2.24) is 0 Å². The van der Waals surface area contributed by atoms with E-state index in [-0.39, 0.29) is 0 Å². The van der Waals surface area contributed by atoms with Gasteiger partial charge < -0.3 is 5.11 Å². The van der Waals surface area contributed by atoms with Crippen molar-refractivity contribution in [2.45, 2.75) is 154 Å². The highest BCUT2D eigenvalue weighted by Gasteiger charge is 2.29. The molecular weight excluding hydrogens is 384 g/mol. The van der Waals surface area contributed by atoms with Crippen LogP contribution in [-0.4, -0.2) is 29.4 Å².